The Morgan fingerprint density at radius 1 is 0.600 bits per heavy atom. The van der Waals surface area contributed by atoms with Crippen molar-refractivity contribution in [2.24, 2.45) is 23.7 Å². The molecule has 3 heteroatoms. The standard InChI is InChI=1S/C52H63BN2/c1-48(2,3)30-23-24-42-35(25-30)36-26-31(49(4,5)6)28-40-46(36)54(42)43-21-16-22-44-45(43)53(40)41-29-32(50(7,8)9)27-39-47(41)55(44)52(11)38-20-15-13-18-34(38)33-17-12-14-19-37(33)51(39,52)10/h16,21-29,33-34,37-38H,12-15,17-20H2,1-11H3. The van der Waals surface area contributed by atoms with Gasteiger partial charge in [0.05, 0.1) is 11.1 Å². The van der Waals surface area contributed by atoms with Crippen LogP contribution in [0, 0.1) is 23.7 Å². The second kappa shape index (κ2) is 10.7. The van der Waals surface area contributed by atoms with E-state index in [4.69, 9.17) is 0 Å². The van der Waals surface area contributed by atoms with Gasteiger partial charge in [-0.1, -0.05) is 125 Å². The molecule has 4 heterocycles. The number of fused-ring (bicyclic) bond motifs is 15. The molecule has 284 valence electrons. The van der Waals surface area contributed by atoms with E-state index in [1.165, 1.54) is 107 Å². The smallest absolute Gasteiger partial charge is 0.252 e. The fourth-order valence-corrected chi connectivity index (χ4v) is 14.2. The van der Waals surface area contributed by atoms with Gasteiger partial charge in [0.2, 0.25) is 0 Å². The molecule has 6 atom stereocenters. The third kappa shape index (κ3) is 4.19. The fourth-order valence-electron chi connectivity index (χ4n) is 14.2. The number of hydrogen-bond donors (Lipinski definition) is 0. The van der Waals surface area contributed by atoms with Gasteiger partial charge in [0.25, 0.3) is 6.71 Å². The van der Waals surface area contributed by atoms with E-state index in [2.05, 4.69) is 146 Å². The first-order valence-corrected chi connectivity index (χ1v) is 22.2. The lowest BCUT2D eigenvalue weighted by Crippen LogP contribution is -2.70. The molecule has 5 aromatic rings. The summed E-state index contributed by atoms with van der Waals surface area (Å²) in [6.45, 7) is 27.5. The molecule has 4 aromatic carbocycles. The molecule has 0 spiro atoms. The van der Waals surface area contributed by atoms with Crippen molar-refractivity contribution in [2.45, 2.75) is 155 Å². The van der Waals surface area contributed by atoms with Crippen molar-refractivity contribution in [3.63, 3.8) is 0 Å². The molecular formula is C52H63BN2. The van der Waals surface area contributed by atoms with Crippen molar-refractivity contribution in [1.82, 2.24) is 4.57 Å². The summed E-state index contributed by atoms with van der Waals surface area (Å²) in [6, 6.07) is 25.5. The summed E-state index contributed by atoms with van der Waals surface area (Å²) in [5, 5.41) is 2.83. The van der Waals surface area contributed by atoms with Gasteiger partial charge in [0.15, 0.2) is 0 Å². The maximum atomic E-state index is 3.05. The van der Waals surface area contributed by atoms with Gasteiger partial charge < -0.3 is 9.47 Å². The Balaban J connectivity index is 1.30. The average Bonchev–Trinajstić information content (AvgIpc) is 3.58. The fraction of sp³-hybridized carbons (Fsp3) is 0.538. The number of rotatable bonds is 0. The Bertz CT molecular complexity index is 2480. The van der Waals surface area contributed by atoms with Crippen LogP contribution in [0.2, 0.25) is 0 Å². The highest BCUT2D eigenvalue weighted by Gasteiger charge is 2.71. The minimum Gasteiger partial charge on any atom is -0.335 e. The number of anilines is 2. The zero-order valence-corrected chi connectivity index (χ0v) is 35.7. The summed E-state index contributed by atoms with van der Waals surface area (Å²) in [7, 11) is 0. The van der Waals surface area contributed by atoms with E-state index in [1.807, 2.05) is 0 Å². The first-order chi connectivity index (χ1) is 26.0. The Kier molecular flexibility index (Phi) is 6.78. The molecule has 0 amide bonds. The zero-order valence-electron chi connectivity index (χ0n) is 35.7. The predicted molar refractivity (Wildman–Crippen MR) is 237 cm³/mol. The summed E-state index contributed by atoms with van der Waals surface area (Å²) in [4.78, 5) is 3.05. The quantitative estimate of drug-likeness (QED) is 0.142. The number of aromatic nitrogens is 1. The summed E-state index contributed by atoms with van der Waals surface area (Å²) < 4.78 is 2.70. The molecule has 55 heavy (non-hydrogen) atoms. The molecule has 0 bridgehead atoms. The highest BCUT2D eigenvalue weighted by molar-refractivity contribution is 7.00. The number of benzene rings is 4. The summed E-state index contributed by atoms with van der Waals surface area (Å²) in [6.07, 6.45) is 11.3. The molecule has 3 saturated carbocycles. The summed E-state index contributed by atoms with van der Waals surface area (Å²) in [5.41, 5.74) is 18.3. The van der Waals surface area contributed by atoms with Crippen LogP contribution in [0.5, 0.6) is 0 Å². The first-order valence-electron chi connectivity index (χ1n) is 22.2. The maximum absolute atomic E-state index is 3.05. The second-order valence-corrected chi connectivity index (χ2v) is 22.7. The Morgan fingerprint density at radius 2 is 1.18 bits per heavy atom. The van der Waals surface area contributed by atoms with Crippen LogP contribution in [0.1, 0.15) is 150 Å². The molecule has 11 rings (SSSR count). The lowest BCUT2D eigenvalue weighted by Gasteiger charge is -2.66. The van der Waals surface area contributed by atoms with Crippen molar-refractivity contribution in [1.29, 1.82) is 0 Å². The minimum atomic E-state index is 0.0213. The summed E-state index contributed by atoms with van der Waals surface area (Å²) >= 11 is 0. The molecule has 3 aliphatic heterocycles. The van der Waals surface area contributed by atoms with Crippen LogP contribution in [-0.2, 0) is 21.7 Å². The molecule has 1 aromatic heterocycles. The van der Waals surface area contributed by atoms with E-state index < -0.39 is 0 Å². The molecule has 2 nitrogen and oxygen atoms in total. The van der Waals surface area contributed by atoms with Gasteiger partial charge in [-0.25, -0.2) is 0 Å². The second-order valence-electron chi connectivity index (χ2n) is 22.7. The van der Waals surface area contributed by atoms with Crippen molar-refractivity contribution in [3.05, 3.63) is 82.9 Å². The van der Waals surface area contributed by atoms with E-state index in [9.17, 15) is 0 Å². The Labute approximate surface area is 331 Å². The highest BCUT2D eigenvalue weighted by Crippen LogP contribution is 2.71. The Hall–Kier alpha value is -3.46. The van der Waals surface area contributed by atoms with Gasteiger partial charge in [-0.3, -0.25) is 0 Å². The maximum Gasteiger partial charge on any atom is 0.252 e. The average molecular weight is 727 g/mol. The predicted octanol–water partition coefficient (Wildman–Crippen LogP) is 11.6. The van der Waals surface area contributed by atoms with Crippen molar-refractivity contribution < 1.29 is 0 Å². The molecule has 6 unspecified atom stereocenters. The highest BCUT2D eigenvalue weighted by atomic mass is 15.3. The third-order valence-electron chi connectivity index (χ3n) is 17.0. The van der Waals surface area contributed by atoms with Crippen LogP contribution in [0.3, 0.4) is 0 Å². The van der Waals surface area contributed by atoms with Crippen LogP contribution in [0.25, 0.3) is 27.5 Å². The lowest BCUT2D eigenvalue weighted by molar-refractivity contribution is -0.0768. The van der Waals surface area contributed by atoms with E-state index in [-0.39, 0.29) is 33.9 Å². The lowest BCUT2D eigenvalue weighted by atomic mass is 9.33. The monoisotopic (exact) mass is 727 g/mol. The number of nitrogens with zero attached hydrogens (tertiary/aromatic N) is 2. The van der Waals surface area contributed by atoms with E-state index >= 15 is 0 Å². The van der Waals surface area contributed by atoms with E-state index in [0.29, 0.717) is 5.92 Å². The SMILES string of the molecule is CC(C)(C)c1cc2c3c(c1)C1(C)C4CCCCC4C4CCCCC4C1(C)N3c1cccc3c1B2c1cc(C(C)(C)C)cc2c4cc(C(C)(C)C)ccc4n-3c12. The van der Waals surface area contributed by atoms with Crippen LogP contribution in [0.4, 0.5) is 11.4 Å². The van der Waals surface area contributed by atoms with Crippen molar-refractivity contribution >= 4 is 56.3 Å². The van der Waals surface area contributed by atoms with Gasteiger partial charge in [0, 0.05) is 38.8 Å². The Morgan fingerprint density at radius 3 is 1.87 bits per heavy atom. The number of hydrogen-bond acceptors (Lipinski definition) is 1. The van der Waals surface area contributed by atoms with Crippen LogP contribution < -0.4 is 21.3 Å². The third-order valence-corrected chi connectivity index (χ3v) is 17.0. The molecule has 0 saturated heterocycles. The molecular weight excluding hydrogens is 663 g/mol. The van der Waals surface area contributed by atoms with Crippen LogP contribution >= 0.6 is 0 Å². The molecule has 0 radical (unpaired) electrons. The van der Waals surface area contributed by atoms with Gasteiger partial charge >= 0.3 is 0 Å². The van der Waals surface area contributed by atoms with Gasteiger partial charge in [-0.15, -0.1) is 0 Å². The summed E-state index contributed by atoms with van der Waals surface area (Å²) in [5.74, 6) is 3.14. The van der Waals surface area contributed by atoms with Crippen molar-refractivity contribution in [3.8, 4) is 5.69 Å². The first kappa shape index (κ1) is 34.8. The van der Waals surface area contributed by atoms with Crippen LogP contribution in [0.15, 0.2) is 60.7 Å². The van der Waals surface area contributed by atoms with Crippen molar-refractivity contribution in [2.75, 3.05) is 4.90 Å². The van der Waals surface area contributed by atoms with E-state index in [0.717, 1.165) is 17.8 Å². The topological polar surface area (TPSA) is 8.17 Å². The van der Waals surface area contributed by atoms with E-state index in [1.54, 1.807) is 22.2 Å². The minimum absolute atomic E-state index is 0.0213. The normalized spacial score (nSPS) is 29.2. The molecule has 0 N–H and O–H groups in total. The largest absolute Gasteiger partial charge is 0.335 e. The van der Waals surface area contributed by atoms with Crippen LogP contribution in [-0.4, -0.2) is 16.8 Å². The molecule has 6 aliphatic rings. The van der Waals surface area contributed by atoms with Gasteiger partial charge in [-0.05, 0) is 141 Å². The van der Waals surface area contributed by atoms with Gasteiger partial charge in [-0.2, -0.15) is 0 Å². The zero-order chi connectivity index (χ0) is 38.4. The molecule has 3 aliphatic carbocycles. The molecule has 3 fully saturated rings. The van der Waals surface area contributed by atoms with Gasteiger partial charge in [0.1, 0.15) is 0 Å².